The largest absolute Gasteiger partial charge is 0.481 e. The van der Waals surface area contributed by atoms with E-state index in [1.165, 1.54) is 0 Å². The standard InChI is InChI=1S/C21H22N2O5/c1-12-9-15(10-13(2)19(12)28-11-18(24)25)21(27)23-17-7-5-16(6-8-17)22-20(26)14-3-4-14/h5-10,14H,3-4,11H2,1-2H3,(H,22,26)(H,23,27)(H,24,25). The van der Waals surface area contributed by atoms with Crippen LogP contribution in [0.4, 0.5) is 11.4 Å². The van der Waals surface area contributed by atoms with Gasteiger partial charge in [0.1, 0.15) is 5.75 Å². The minimum atomic E-state index is -1.06. The first-order chi connectivity index (χ1) is 13.3. The quantitative estimate of drug-likeness (QED) is 0.681. The van der Waals surface area contributed by atoms with Crippen molar-refractivity contribution in [2.45, 2.75) is 26.7 Å². The molecule has 2 amide bonds. The van der Waals surface area contributed by atoms with Crippen LogP contribution in [-0.2, 0) is 9.59 Å². The summed E-state index contributed by atoms with van der Waals surface area (Å²) in [5.74, 6) is -0.709. The van der Waals surface area contributed by atoms with Gasteiger partial charge in [0.25, 0.3) is 5.91 Å². The van der Waals surface area contributed by atoms with E-state index >= 15 is 0 Å². The van der Waals surface area contributed by atoms with Gasteiger partial charge in [-0.05, 0) is 74.2 Å². The summed E-state index contributed by atoms with van der Waals surface area (Å²) in [4.78, 5) is 35.0. The third-order valence-corrected chi connectivity index (χ3v) is 4.42. The van der Waals surface area contributed by atoms with Crippen LogP contribution in [0.25, 0.3) is 0 Å². The van der Waals surface area contributed by atoms with E-state index < -0.39 is 12.6 Å². The molecule has 146 valence electrons. The molecular weight excluding hydrogens is 360 g/mol. The molecule has 0 heterocycles. The number of ether oxygens (including phenoxy) is 1. The maximum Gasteiger partial charge on any atom is 0.341 e. The lowest BCUT2D eigenvalue weighted by molar-refractivity contribution is -0.139. The van der Waals surface area contributed by atoms with Gasteiger partial charge in [0, 0.05) is 22.9 Å². The Kier molecular flexibility index (Phi) is 5.63. The van der Waals surface area contributed by atoms with E-state index in [-0.39, 0.29) is 17.7 Å². The van der Waals surface area contributed by atoms with Gasteiger partial charge in [-0.1, -0.05) is 0 Å². The van der Waals surface area contributed by atoms with Crippen LogP contribution < -0.4 is 15.4 Å². The van der Waals surface area contributed by atoms with Crippen molar-refractivity contribution < 1.29 is 24.2 Å². The summed E-state index contributed by atoms with van der Waals surface area (Å²) >= 11 is 0. The third-order valence-electron chi connectivity index (χ3n) is 4.42. The topological polar surface area (TPSA) is 105 Å². The highest BCUT2D eigenvalue weighted by Crippen LogP contribution is 2.30. The Morgan fingerprint density at radius 1 is 1.00 bits per heavy atom. The van der Waals surface area contributed by atoms with E-state index in [2.05, 4.69) is 10.6 Å². The fourth-order valence-electron chi connectivity index (χ4n) is 2.87. The van der Waals surface area contributed by atoms with Crippen molar-refractivity contribution in [1.82, 2.24) is 0 Å². The summed E-state index contributed by atoms with van der Waals surface area (Å²) < 4.78 is 5.28. The summed E-state index contributed by atoms with van der Waals surface area (Å²) in [5, 5.41) is 14.4. The number of carbonyl (C=O) groups excluding carboxylic acids is 2. The van der Waals surface area contributed by atoms with Gasteiger partial charge in [0.05, 0.1) is 0 Å². The second kappa shape index (κ2) is 8.12. The molecular formula is C21H22N2O5. The molecule has 1 saturated carbocycles. The molecule has 0 aliphatic heterocycles. The predicted octanol–water partition coefficient (Wildman–Crippen LogP) is 3.37. The molecule has 0 atom stereocenters. The lowest BCUT2D eigenvalue weighted by atomic mass is 10.0. The number of anilines is 2. The summed E-state index contributed by atoms with van der Waals surface area (Å²) in [6, 6.07) is 10.3. The van der Waals surface area contributed by atoms with E-state index in [4.69, 9.17) is 9.84 Å². The number of amides is 2. The maximum absolute atomic E-state index is 12.5. The zero-order chi connectivity index (χ0) is 20.3. The van der Waals surface area contributed by atoms with Crippen LogP contribution in [0.1, 0.15) is 34.3 Å². The van der Waals surface area contributed by atoms with Crippen molar-refractivity contribution in [3.8, 4) is 5.75 Å². The second-order valence-corrected chi connectivity index (χ2v) is 6.92. The first kappa shape index (κ1) is 19.4. The van der Waals surface area contributed by atoms with Gasteiger partial charge in [-0.3, -0.25) is 9.59 Å². The highest BCUT2D eigenvalue weighted by molar-refractivity contribution is 6.05. The van der Waals surface area contributed by atoms with E-state index in [9.17, 15) is 14.4 Å². The lowest BCUT2D eigenvalue weighted by Crippen LogP contribution is -2.15. The number of rotatable bonds is 7. The van der Waals surface area contributed by atoms with E-state index in [0.29, 0.717) is 33.8 Å². The molecule has 1 fully saturated rings. The van der Waals surface area contributed by atoms with E-state index in [1.807, 2.05) is 0 Å². The number of hydrogen-bond acceptors (Lipinski definition) is 4. The van der Waals surface area contributed by atoms with Gasteiger partial charge >= 0.3 is 5.97 Å². The van der Waals surface area contributed by atoms with Crippen LogP contribution in [0.15, 0.2) is 36.4 Å². The minimum Gasteiger partial charge on any atom is -0.481 e. The van der Waals surface area contributed by atoms with Gasteiger partial charge in [-0.15, -0.1) is 0 Å². The lowest BCUT2D eigenvalue weighted by Gasteiger charge is -2.13. The molecule has 28 heavy (non-hydrogen) atoms. The molecule has 0 bridgehead atoms. The van der Waals surface area contributed by atoms with Crippen LogP contribution in [-0.4, -0.2) is 29.5 Å². The summed E-state index contributed by atoms with van der Waals surface area (Å²) in [7, 11) is 0. The zero-order valence-corrected chi connectivity index (χ0v) is 15.7. The molecule has 2 aromatic rings. The number of carboxylic acids is 1. The molecule has 3 N–H and O–H groups in total. The van der Waals surface area contributed by atoms with Gasteiger partial charge in [0.2, 0.25) is 5.91 Å². The van der Waals surface area contributed by atoms with Gasteiger partial charge in [-0.2, -0.15) is 0 Å². The van der Waals surface area contributed by atoms with E-state index in [0.717, 1.165) is 12.8 Å². The van der Waals surface area contributed by atoms with Gasteiger partial charge in [0.15, 0.2) is 6.61 Å². The number of carbonyl (C=O) groups is 3. The molecule has 7 heteroatoms. The molecule has 0 radical (unpaired) electrons. The van der Waals surface area contributed by atoms with Crippen LogP contribution in [0.5, 0.6) is 5.75 Å². The highest BCUT2D eigenvalue weighted by Gasteiger charge is 2.29. The average molecular weight is 382 g/mol. The van der Waals surface area contributed by atoms with Crippen molar-refractivity contribution in [2.75, 3.05) is 17.2 Å². The van der Waals surface area contributed by atoms with Crippen molar-refractivity contribution in [1.29, 1.82) is 0 Å². The SMILES string of the molecule is Cc1cc(C(=O)Nc2ccc(NC(=O)C3CC3)cc2)cc(C)c1OCC(=O)O. The summed E-state index contributed by atoms with van der Waals surface area (Å²) in [6.45, 7) is 3.09. The highest BCUT2D eigenvalue weighted by atomic mass is 16.5. The van der Waals surface area contributed by atoms with Crippen LogP contribution >= 0.6 is 0 Å². The molecule has 3 rings (SSSR count). The van der Waals surface area contributed by atoms with Crippen molar-refractivity contribution in [3.05, 3.63) is 53.1 Å². The number of hydrogen-bond donors (Lipinski definition) is 3. The Morgan fingerprint density at radius 2 is 1.54 bits per heavy atom. The molecule has 0 saturated heterocycles. The first-order valence-electron chi connectivity index (χ1n) is 9.01. The van der Waals surface area contributed by atoms with Crippen molar-refractivity contribution in [3.63, 3.8) is 0 Å². The van der Waals surface area contributed by atoms with Crippen LogP contribution in [0.3, 0.4) is 0 Å². The predicted molar refractivity (Wildman–Crippen MR) is 105 cm³/mol. The third kappa shape index (κ3) is 4.88. The molecule has 1 aliphatic carbocycles. The first-order valence-corrected chi connectivity index (χ1v) is 9.01. The number of carboxylic acid groups (broad SMARTS) is 1. The molecule has 7 nitrogen and oxygen atoms in total. The van der Waals surface area contributed by atoms with Crippen molar-refractivity contribution >= 4 is 29.2 Å². The number of nitrogens with one attached hydrogen (secondary N) is 2. The number of benzene rings is 2. The van der Waals surface area contributed by atoms with Gasteiger partial charge in [-0.25, -0.2) is 4.79 Å². The monoisotopic (exact) mass is 382 g/mol. The van der Waals surface area contributed by atoms with Gasteiger partial charge < -0.3 is 20.5 Å². The zero-order valence-electron chi connectivity index (χ0n) is 15.7. The fourth-order valence-corrected chi connectivity index (χ4v) is 2.87. The molecule has 0 unspecified atom stereocenters. The van der Waals surface area contributed by atoms with Crippen LogP contribution in [0, 0.1) is 19.8 Å². The fraction of sp³-hybridized carbons (Fsp3) is 0.286. The summed E-state index contributed by atoms with van der Waals surface area (Å²) in [5.41, 5.74) is 3.12. The number of aliphatic carboxylic acids is 1. The molecule has 2 aromatic carbocycles. The van der Waals surface area contributed by atoms with Crippen LogP contribution in [0.2, 0.25) is 0 Å². The van der Waals surface area contributed by atoms with E-state index in [1.54, 1.807) is 50.2 Å². The number of aryl methyl sites for hydroxylation is 2. The molecule has 1 aliphatic rings. The maximum atomic E-state index is 12.5. The Bertz CT molecular complexity index is 894. The smallest absolute Gasteiger partial charge is 0.341 e. The molecule has 0 aromatic heterocycles. The van der Waals surface area contributed by atoms with Crippen molar-refractivity contribution in [2.24, 2.45) is 5.92 Å². The second-order valence-electron chi connectivity index (χ2n) is 6.92. The summed E-state index contributed by atoms with van der Waals surface area (Å²) in [6.07, 6.45) is 1.89. The Hall–Kier alpha value is -3.35. The minimum absolute atomic E-state index is 0.0351. The average Bonchev–Trinajstić information content (AvgIpc) is 3.47. The Balaban J connectivity index is 1.65. The normalized spacial score (nSPS) is 12.9. The Morgan fingerprint density at radius 3 is 2.04 bits per heavy atom. The Labute approximate surface area is 162 Å². The molecule has 0 spiro atoms.